The highest BCUT2D eigenvalue weighted by molar-refractivity contribution is 7.80. The van der Waals surface area contributed by atoms with Crippen molar-refractivity contribution in [1.82, 2.24) is 10.3 Å². The summed E-state index contributed by atoms with van der Waals surface area (Å²) in [4.78, 5) is 16.4. The van der Waals surface area contributed by atoms with Crippen LogP contribution in [0.2, 0.25) is 0 Å². The zero-order valence-electron chi connectivity index (χ0n) is 11.0. The molecule has 1 heterocycles. The van der Waals surface area contributed by atoms with Crippen LogP contribution in [0.25, 0.3) is 0 Å². The van der Waals surface area contributed by atoms with Gasteiger partial charge < -0.3 is 11.1 Å². The van der Waals surface area contributed by atoms with Crippen LogP contribution in [0, 0.1) is 5.41 Å². The molecule has 1 rings (SSSR count). The molecule has 1 amide bonds. The molecule has 0 saturated heterocycles. The molecule has 0 spiro atoms. The Labute approximate surface area is 113 Å². The van der Waals surface area contributed by atoms with Crippen LogP contribution in [0.15, 0.2) is 18.3 Å². The fourth-order valence-corrected chi connectivity index (χ4v) is 1.54. The third-order valence-electron chi connectivity index (χ3n) is 2.97. The van der Waals surface area contributed by atoms with Crippen molar-refractivity contribution < 1.29 is 4.79 Å². The number of nitrogens with zero attached hydrogens (tertiary/aromatic N) is 1. The lowest BCUT2D eigenvalue weighted by Crippen LogP contribution is -2.44. The van der Waals surface area contributed by atoms with Crippen molar-refractivity contribution in [2.24, 2.45) is 11.1 Å². The minimum atomic E-state index is -0.837. The highest BCUT2D eigenvalue weighted by Crippen LogP contribution is 2.16. The van der Waals surface area contributed by atoms with Gasteiger partial charge in [-0.15, -0.1) is 0 Å². The zero-order valence-corrected chi connectivity index (χ0v) is 11.8. The van der Waals surface area contributed by atoms with Gasteiger partial charge in [0.1, 0.15) is 0 Å². The second-order valence-corrected chi connectivity index (χ2v) is 5.07. The van der Waals surface area contributed by atoms with E-state index < -0.39 is 5.41 Å². The summed E-state index contributed by atoms with van der Waals surface area (Å²) in [5.41, 5.74) is 6.73. The number of hydrogen-bond acceptors (Lipinski definition) is 3. The van der Waals surface area contributed by atoms with Crippen LogP contribution < -0.4 is 11.1 Å². The van der Waals surface area contributed by atoms with Gasteiger partial charge in [0.15, 0.2) is 0 Å². The van der Waals surface area contributed by atoms with Crippen molar-refractivity contribution in [3.8, 4) is 0 Å². The SMILES string of the molecule is CCc1cccnc1CNC(=O)C(C)(C)C(N)=S. The third-order valence-corrected chi connectivity index (χ3v) is 3.48. The molecule has 0 saturated carbocycles. The van der Waals surface area contributed by atoms with Crippen LogP contribution in [-0.2, 0) is 17.8 Å². The minimum Gasteiger partial charge on any atom is -0.392 e. The second-order valence-electron chi connectivity index (χ2n) is 4.63. The van der Waals surface area contributed by atoms with E-state index in [9.17, 15) is 4.79 Å². The summed E-state index contributed by atoms with van der Waals surface area (Å²) < 4.78 is 0. The van der Waals surface area contributed by atoms with E-state index in [1.54, 1.807) is 20.0 Å². The molecule has 4 nitrogen and oxygen atoms in total. The van der Waals surface area contributed by atoms with E-state index in [-0.39, 0.29) is 10.9 Å². The Hall–Kier alpha value is -1.49. The quantitative estimate of drug-likeness (QED) is 0.793. The van der Waals surface area contributed by atoms with E-state index in [1.165, 1.54) is 0 Å². The van der Waals surface area contributed by atoms with Gasteiger partial charge >= 0.3 is 0 Å². The van der Waals surface area contributed by atoms with Gasteiger partial charge in [-0.25, -0.2) is 0 Å². The number of hydrogen-bond donors (Lipinski definition) is 2. The van der Waals surface area contributed by atoms with Crippen molar-refractivity contribution in [2.75, 3.05) is 0 Å². The average Bonchev–Trinajstić information content (AvgIpc) is 2.35. The Balaban J connectivity index is 2.71. The number of carbonyl (C=O) groups is 1. The molecule has 0 aliphatic heterocycles. The van der Waals surface area contributed by atoms with Crippen LogP contribution >= 0.6 is 12.2 Å². The molecule has 0 radical (unpaired) electrons. The number of aryl methyl sites for hydroxylation is 1. The first kappa shape index (κ1) is 14.6. The smallest absolute Gasteiger partial charge is 0.232 e. The van der Waals surface area contributed by atoms with Crippen LogP contribution in [0.3, 0.4) is 0 Å². The zero-order chi connectivity index (χ0) is 13.8. The van der Waals surface area contributed by atoms with Gasteiger partial charge in [0.25, 0.3) is 0 Å². The molecule has 3 N–H and O–H groups in total. The molecule has 1 aromatic rings. The van der Waals surface area contributed by atoms with Crippen molar-refractivity contribution >= 4 is 23.1 Å². The molecule has 0 atom stereocenters. The first-order valence-electron chi connectivity index (χ1n) is 5.90. The van der Waals surface area contributed by atoms with Gasteiger partial charge in [-0.1, -0.05) is 25.2 Å². The Morgan fingerprint density at radius 1 is 1.56 bits per heavy atom. The van der Waals surface area contributed by atoms with Crippen molar-refractivity contribution in [2.45, 2.75) is 33.7 Å². The number of thiocarbonyl (C=S) groups is 1. The van der Waals surface area contributed by atoms with Crippen molar-refractivity contribution in [3.63, 3.8) is 0 Å². The summed E-state index contributed by atoms with van der Waals surface area (Å²) in [6.45, 7) is 5.88. The second kappa shape index (κ2) is 5.91. The maximum atomic E-state index is 12.0. The van der Waals surface area contributed by atoms with Gasteiger partial charge in [0.2, 0.25) is 5.91 Å². The average molecular weight is 265 g/mol. The lowest BCUT2D eigenvalue weighted by atomic mass is 9.92. The Morgan fingerprint density at radius 2 is 2.22 bits per heavy atom. The normalized spacial score (nSPS) is 11.1. The number of rotatable bonds is 5. The van der Waals surface area contributed by atoms with Gasteiger partial charge in [-0.05, 0) is 31.9 Å². The molecule has 0 bridgehead atoms. The number of pyridine rings is 1. The largest absolute Gasteiger partial charge is 0.392 e. The van der Waals surface area contributed by atoms with Gasteiger partial charge in [-0.2, -0.15) is 0 Å². The summed E-state index contributed by atoms with van der Waals surface area (Å²) in [5.74, 6) is -0.178. The monoisotopic (exact) mass is 265 g/mol. The molecule has 18 heavy (non-hydrogen) atoms. The van der Waals surface area contributed by atoms with Crippen molar-refractivity contribution in [1.29, 1.82) is 0 Å². The number of aromatic nitrogens is 1. The molecule has 0 fully saturated rings. The molecule has 1 aromatic heterocycles. The summed E-state index contributed by atoms with van der Waals surface area (Å²) >= 11 is 4.89. The Kier molecular flexibility index (Phi) is 4.78. The lowest BCUT2D eigenvalue weighted by Gasteiger charge is -2.22. The van der Waals surface area contributed by atoms with E-state index in [4.69, 9.17) is 18.0 Å². The first-order valence-corrected chi connectivity index (χ1v) is 6.31. The highest BCUT2D eigenvalue weighted by atomic mass is 32.1. The van der Waals surface area contributed by atoms with E-state index in [0.29, 0.717) is 6.54 Å². The fourth-order valence-electron chi connectivity index (χ4n) is 1.45. The molecule has 0 aromatic carbocycles. The Bertz CT molecular complexity index is 457. The van der Waals surface area contributed by atoms with Gasteiger partial charge in [0, 0.05) is 6.20 Å². The summed E-state index contributed by atoms with van der Waals surface area (Å²) in [5, 5.41) is 2.83. The van der Waals surface area contributed by atoms with Gasteiger partial charge in [0.05, 0.1) is 22.6 Å². The standard InChI is InChI=1S/C13H19N3OS/c1-4-9-6-5-7-15-10(9)8-16-12(17)13(2,3)11(14)18/h5-7H,4,8H2,1-3H3,(H2,14,18)(H,16,17). The summed E-state index contributed by atoms with van der Waals surface area (Å²) in [7, 11) is 0. The van der Waals surface area contributed by atoms with Crippen LogP contribution in [0.1, 0.15) is 32.0 Å². The number of amides is 1. The highest BCUT2D eigenvalue weighted by Gasteiger charge is 2.30. The molecule has 0 aliphatic rings. The third kappa shape index (κ3) is 3.26. The van der Waals surface area contributed by atoms with Crippen LogP contribution in [-0.4, -0.2) is 15.9 Å². The number of nitrogens with one attached hydrogen (secondary N) is 1. The van der Waals surface area contributed by atoms with Crippen molar-refractivity contribution in [3.05, 3.63) is 29.6 Å². The molecule has 0 aliphatic carbocycles. The molecular formula is C13H19N3OS. The van der Waals surface area contributed by atoms with E-state index >= 15 is 0 Å². The first-order chi connectivity index (χ1) is 8.39. The molecular weight excluding hydrogens is 246 g/mol. The molecule has 98 valence electrons. The summed E-state index contributed by atoms with van der Waals surface area (Å²) in [6, 6.07) is 3.90. The predicted octanol–water partition coefficient (Wildman–Crippen LogP) is 1.57. The van der Waals surface area contributed by atoms with E-state index in [1.807, 2.05) is 12.1 Å². The molecule has 0 unspecified atom stereocenters. The fraction of sp³-hybridized carbons (Fsp3) is 0.462. The number of nitrogens with two attached hydrogens (primary N) is 1. The van der Waals surface area contributed by atoms with Crippen LogP contribution in [0.5, 0.6) is 0 Å². The maximum absolute atomic E-state index is 12.0. The topological polar surface area (TPSA) is 68.0 Å². The summed E-state index contributed by atoms with van der Waals surface area (Å²) in [6.07, 6.45) is 2.61. The van der Waals surface area contributed by atoms with Crippen LogP contribution in [0.4, 0.5) is 0 Å². The van der Waals surface area contributed by atoms with Gasteiger partial charge in [-0.3, -0.25) is 9.78 Å². The van der Waals surface area contributed by atoms with E-state index in [2.05, 4.69) is 17.2 Å². The maximum Gasteiger partial charge on any atom is 0.232 e. The Morgan fingerprint density at radius 3 is 2.78 bits per heavy atom. The number of carbonyl (C=O) groups excluding carboxylic acids is 1. The predicted molar refractivity (Wildman–Crippen MR) is 76.0 cm³/mol. The minimum absolute atomic E-state index is 0.178. The van der Waals surface area contributed by atoms with E-state index in [0.717, 1.165) is 17.7 Å². The molecule has 5 heteroatoms. The lowest BCUT2D eigenvalue weighted by molar-refractivity contribution is -0.126.